The molecule has 0 aliphatic rings. The highest BCUT2D eigenvalue weighted by Gasteiger charge is 2.19. The summed E-state index contributed by atoms with van der Waals surface area (Å²) in [4.78, 5) is 14.1. The Morgan fingerprint density at radius 2 is 2.27 bits per heavy atom. The van der Waals surface area contributed by atoms with Crippen LogP contribution in [0.15, 0.2) is 6.07 Å². The maximum absolute atomic E-state index is 12.4. The summed E-state index contributed by atoms with van der Waals surface area (Å²) in [6, 6.07) is 1.12. The van der Waals surface area contributed by atoms with E-state index in [1.807, 2.05) is 0 Å². The van der Waals surface area contributed by atoms with Gasteiger partial charge in [0, 0.05) is 6.54 Å². The molecule has 0 spiro atoms. The van der Waals surface area contributed by atoms with Crippen molar-refractivity contribution in [3.05, 3.63) is 26.6 Å². The van der Waals surface area contributed by atoms with Crippen LogP contribution in [0.25, 0.3) is 0 Å². The molecule has 7 heteroatoms. The van der Waals surface area contributed by atoms with E-state index in [0.29, 0.717) is 9.13 Å². The fourth-order valence-corrected chi connectivity index (χ4v) is 1.73. The summed E-state index contributed by atoms with van der Waals surface area (Å²) in [5.41, 5.74) is 4.74. The summed E-state index contributed by atoms with van der Waals surface area (Å²) in [6.07, 6.45) is -2.80. The van der Waals surface area contributed by atoms with Gasteiger partial charge in [-0.05, 0) is 34.2 Å². The van der Waals surface area contributed by atoms with Gasteiger partial charge in [-0.3, -0.25) is 0 Å². The molecule has 0 aliphatic heterocycles. The lowest BCUT2D eigenvalue weighted by atomic mass is 10.2. The van der Waals surface area contributed by atoms with Crippen molar-refractivity contribution in [1.82, 2.24) is 4.98 Å². The minimum absolute atomic E-state index is 0.000787. The SMILES string of the molecule is NCc1cc(C(F)F)nc(C(=O)O)c1I. The smallest absolute Gasteiger partial charge is 0.355 e. The molecule has 0 saturated carbocycles. The fraction of sp³-hybridized carbons (Fsp3) is 0.250. The third kappa shape index (κ3) is 2.59. The minimum atomic E-state index is -2.80. The molecule has 1 heterocycles. The van der Waals surface area contributed by atoms with Crippen LogP contribution in [0.3, 0.4) is 0 Å². The highest BCUT2D eigenvalue weighted by Crippen LogP contribution is 2.23. The third-order valence-corrected chi connectivity index (χ3v) is 2.90. The molecule has 0 aromatic carbocycles. The number of halogens is 3. The Morgan fingerprint density at radius 1 is 1.67 bits per heavy atom. The van der Waals surface area contributed by atoms with Gasteiger partial charge < -0.3 is 10.8 Å². The zero-order valence-corrected chi connectivity index (χ0v) is 9.53. The largest absolute Gasteiger partial charge is 0.476 e. The quantitative estimate of drug-likeness (QED) is 0.830. The number of aromatic nitrogens is 1. The Balaban J connectivity index is 3.38. The number of aromatic carboxylic acids is 1. The Labute approximate surface area is 97.6 Å². The van der Waals surface area contributed by atoms with Crippen LogP contribution in [-0.4, -0.2) is 16.1 Å². The van der Waals surface area contributed by atoms with E-state index < -0.39 is 18.1 Å². The second kappa shape index (κ2) is 4.79. The first kappa shape index (κ1) is 12.2. The topological polar surface area (TPSA) is 76.2 Å². The Kier molecular flexibility index (Phi) is 3.91. The van der Waals surface area contributed by atoms with Crippen molar-refractivity contribution >= 4 is 28.6 Å². The number of carboxylic acids is 1. The number of hydrogen-bond donors (Lipinski definition) is 2. The molecule has 0 bridgehead atoms. The predicted octanol–water partition coefficient (Wildman–Crippen LogP) is 1.78. The standard InChI is InChI=1S/C8H7F2IN2O2/c9-7(10)4-1-3(2-12)5(11)6(13-4)8(14)15/h1,7H,2,12H2,(H,14,15). The Hall–Kier alpha value is -0.830. The van der Waals surface area contributed by atoms with Crippen LogP contribution >= 0.6 is 22.6 Å². The van der Waals surface area contributed by atoms with Gasteiger partial charge in [-0.1, -0.05) is 0 Å². The van der Waals surface area contributed by atoms with Crippen molar-refractivity contribution in [1.29, 1.82) is 0 Å². The highest BCUT2D eigenvalue weighted by molar-refractivity contribution is 14.1. The number of carbonyl (C=O) groups is 1. The molecule has 0 radical (unpaired) electrons. The van der Waals surface area contributed by atoms with Gasteiger partial charge in [-0.2, -0.15) is 0 Å². The van der Waals surface area contributed by atoms with Crippen LogP contribution in [0.4, 0.5) is 8.78 Å². The van der Waals surface area contributed by atoms with Gasteiger partial charge in [-0.25, -0.2) is 18.6 Å². The number of pyridine rings is 1. The molecule has 0 fully saturated rings. The van der Waals surface area contributed by atoms with Crippen LogP contribution in [0.1, 0.15) is 28.2 Å². The average Bonchev–Trinajstić information content (AvgIpc) is 2.17. The van der Waals surface area contributed by atoms with Crippen molar-refractivity contribution < 1.29 is 18.7 Å². The van der Waals surface area contributed by atoms with Gasteiger partial charge in [0.2, 0.25) is 0 Å². The van der Waals surface area contributed by atoms with Crippen LogP contribution < -0.4 is 5.73 Å². The summed E-state index contributed by atoms with van der Waals surface area (Å²) < 4.78 is 25.0. The van der Waals surface area contributed by atoms with E-state index in [1.165, 1.54) is 0 Å². The van der Waals surface area contributed by atoms with Gasteiger partial charge in [-0.15, -0.1) is 0 Å². The summed E-state index contributed by atoms with van der Waals surface area (Å²) in [5, 5.41) is 8.74. The molecular weight excluding hydrogens is 321 g/mol. The van der Waals surface area contributed by atoms with Crippen LogP contribution in [0, 0.1) is 3.57 Å². The van der Waals surface area contributed by atoms with E-state index in [0.717, 1.165) is 6.07 Å². The molecule has 1 rings (SSSR count). The average molecular weight is 328 g/mol. The van der Waals surface area contributed by atoms with Gasteiger partial charge in [0.25, 0.3) is 6.43 Å². The van der Waals surface area contributed by atoms with E-state index in [2.05, 4.69) is 4.98 Å². The maximum atomic E-state index is 12.4. The van der Waals surface area contributed by atoms with E-state index in [9.17, 15) is 13.6 Å². The van der Waals surface area contributed by atoms with E-state index in [1.54, 1.807) is 22.6 Å². The number of carboxylic acid groups (broad SMARTS) is 1. The van der Waals surface area contributed by atoms with Gasteiger partial charge in [0.1, 0.15) is 5.69 Å². The Morgan fingerprint density at radius 3 is 2.67 bits per heavy atom. The first-order valence-electron chi connectivity index (χ1n) is 3.88. The molecule has 1 aromatic heterocycles. The molecule has 0 atom stereocenters. The first-order valence-corrected chi connectivity index (χ1v) is 4.96. The number of alkyl halides is 2. The number of rotatable bonds is 3. The second-order valence-corrected chi connectivity index (χ2v) is 3.76. The van der Waals surface area contributed by atoms with Gasteiger partial charge in [0.15, 0.2) is 5.69 Å². The Bertz CT molecular complexity index is 398. The predicted molar refractivity (Wildman–Crippen MR) is 56.8 cm³/mol. The monoisotopic (exact) mass is 328 g/mol. The van der Waals surface area contributed by atoms with Crippen LogP contribution in [0.2, 0.25) is 0 Å². The van der Waals surface area contributed by atoms with Crippen molar-refractivity contribution in [2.45, 2.75) is 13.0 Å². The van der Waals surface area contributed by atoms with Crippen molar-refractivity contribution in [3.63, 3.8) is 0 Å². The zero-order valence-electron chi connectivity index (χ0n) is 7.38. The van der Waals surface area contributed by atoms with Crippen molar-refractivity contribution in [2.24, 2.45) is 5.73 Å². The van der Waals surface area contributed by atoms with Gasteiger partial charge in [0.05, 0.1) is 3.57 Å². The molecule has 0 unspecified atom stereocenters. The molecular formula is C8H7F2IN2O2. The molecule has 3 N–H and O–H groups in total. The summed E-state index contributed by atoms with van der Waals surface area (Å²) in [7, 11) is 0. The molecule has 82 valence electrons. The lowest BCUT2D eigenvalue weighted by Gasteiger charge is -2.07. The number of nitrogens with two attached hydrogens (primary N) is 1. The highest BCUT2D eigenvalue weighted by atomic mass is 127. The van der Waals surface area contributed by atoms with Gasteiger partial charge >= 0.3 is 5.97 Å². The normalized spacial score (nSPS) is 10.7. The summed E-state index contributed by atoms with van der Waals surface area (Å²) >= 11 is 1.73. The molecule has 1 aromatic rings. The fourth-order valence-electron chi connectivity index (χ4n) is 1.01. The van der Waals surface area contributed by atoms with E-state index >= 15 is 0 Å². The lowest BCUT2D eigenvalue weighted by Crippen LogP contribution is -2.11. The van der Waals surface area contributed by atoms with Crippen molar-refractivity contribution in [2.75, 3.05) is 0 Å². The summed E-state index contributed by atoms with van der Waals surface area (Å²) in [6.45, 7) is 0.000787. The summed E-state index contributed by atoms with van der Waals surface area (Å²) in [5.74, 6) is -1.34. The lowest BCUT2D eigenvalue weighted by molar-refractivity contribution is 0.0687. The third-order valence-electron chi connectivity index (χ3n) is 1.70. The minimum Gasteiger partial charge on any atom is -0.476 e. The van der Waals surface area contributed by atoms with E-state index in [-0.39, 0.29) is 12.2 Å². The number of nitrogens with zero attached hydrogens (tertiary/aromatic N) is 1. The molecule has 0 saturated heterocycles. The molecule has 4 nitrogen and oxygen atoms in total. The molecule has 0 amide bonds. The maximum Gasteiger partial charge on any atom is 0.355 e. The van der Waals surface area contributed by atoms with Crippen LogP contribution in [-0.2, 0) is 6.54 Å². The van der Waals surface area contributed by atoms with E-state index in [4.69, 9.17) is 10.8 Å². The first-order chi connectivity index (χ1) is 6.97. The van der Waals surface area contributed by atoms with Crippen LogP contribution in [0.5, 0.6) is 0 Å². The molecule has 15 heavy (non-hydrogen) atoms. The zero-order chi connectivity index (χ0) is 11.6. The number of hydrogen-bond acceptors (Lipinski definition) is 3. The molecule has 0 aliphatic carbocycles. The second-order valence-electron chi connectivity index (χ2n) is 2.68. The van der Waals surface area contributed by atoms with Crippen molar-refractivity contribution in [3.8, 4) is 0 Å².